The molecule has 3 atom stereocenters. The van der Waals surface area contributed by atoms with Gasteiger partial charge in [0.2, 0.25) is 0 Å². The van der Waals surface area contributed by atoms with Crippen LogP contribution >= 0.6 is 0 Å². The van der Waals surface area contributed by atoms with Crippen molar-refractivity contribution in [1.29, 1.82) is 0 Å². The molecule has 0 fully saturated rings. The van der Waals surface area contributed by atoms with Crippen LogP contribution in [0.25, 0.3) is 0 Å². The number of rotatable bonds is 5. The minimum absolute atomic E-state index is 0.363. The van der Waals surface area contributed by atoms with Gasteiger partial charge in [0.15, 0.2) is 6.29 Å². The SMILES string of the molecule is COC(CO)[C@H](O)[C@H](O)OC. The Kier molecular flexibility index (Phi) is 5.35. The van der Waals surface area contributed by atoms with E-state index in [1.807, 2.05) is 0 Å². The summed E-state index contributed by atoms with van der Waals surface area (Å²) in [5.41, 5.74) is 0. The average molecular weight is 166 g/mol. The summed E-state index contributed by atoms with van der Waals surface area (Å²) in [6.07, 6.45) is -3.37. The van der Waals surface area contributed by atoms with Crippen molar-refractivity contribution in [2.24, 2.45) is 0 Å². The predicted molar refractivity (Wildman–Crippen MR) is 36.9 cm³/mol. The van der Waals surface area contributed by atoms with Gasteiger partial charge in [-0.05, 0) is 0 Å². The molecule has 0 saturated heterocycles. The van der Waals surface area contributed by atoms with E-state index in [0.717, 1.165) is 0 Å². The molecule has 5 heteroatoms. The molecule has 0 aliphatic heterocycles. The third-order valence-electron chi connectivity index (χ3n) is 1.40. The molecule has 5 nitrogen and oxygen atoms in total. The van der Waals surface area contributed by atoms with E-state index in [4.69, 9.17) is 15.3 Å². The molecule has 11 heavy (non-hydrogen) atoms. The van der Waals surface area contributed by atoms with Gasteiger partial charge in [0.05, 0.1) is 6.61 Å². The second kappa shape index (κ2) is 5.45. The minimum atomic E-state index is -1.33. The van der Waals surface area contributed by atoms with Crippen LogP contribution in [0, 0.1) is 0 Å². The normalized spacial score (nSPS) is 19.4. The summed E-state index contributed by atoms with van der Waals surface area (Å²) in [6, 6.07) is 0. The first-order valence-electron chi connectivity index (χ1n) is 3.20. The van der Waals surface area contributed by atoms with E-state index in [-0.39, 0.29) is 6.61 Å². The summed E-state index contributed by atoms with van der Waals surface area (Å²) in [4.78, 5) is 0. The van der Waals surface area contributed by atoms with Gasteiger partial charge in [-0.2, -0.15) is 0 Å². The molecule has 0 rings (SSSR count). The Balaban J connectivity index is 3.86. The van der Waals surface area contributed by atoms with Gasteiger partial charge in [0, 0.05) is 14.2 Å². The molecule has 0 spiro atoms. The van der Waals surface area contributed by atoms with Crippen LogP contribution in [-0.4, -0.2) is 54.6 Å². The lowest BCUT2D eigenvalue weighted by atomic mass is 10.2. The smallest absolute Gasteiger partial charge is 0.183 e. The van der Waals surface area contributed by atoms with Crippen LogP contribution < -0.4 is 0 Å². The average Bonchev–Trinajstić information content (AvgIpc) is 2.05. The van der Waals surface area contributed by atoms with Crippen molar-refractivity contribution < 1.29 is 24.8 Å². The molecule has 0 aliphatic rings. The maximum Gasteiger partial charge on any atom is 0.183 e. The van der Waals surface area contributed by atoms with Crippen molar-refractivity contribution in [3.05, 3.63) is 0 Å². The number of aliphatic hydroxyl groups excluding tert-OH is 3. The van der Waals surface area contributed by atoms with Gasteiger partial charge in [0.1, 0.15) is 12.2 Å². The van der Waals surface area contributed by atoms with Gasteiger partial charge in [-0.3, -0.25) is 0 Å². The Labute approximate surface area is 65.2 Å². The van der Waals surface area contributed by atoms with Gasteiger partial charge in [-0.25, -0.2) is 0 Å². The zero-order chi connectivity index (χ0) is 8.85. The van der Waals surface area contributed by atoms with E-state index in [1.54, 1.807) is 0 Å². The van der Waals surface area contributed by atoms with E-state index >= 15 is 0 Å². The Morgan fingerprint density at radius 2 is 1.73 bits per heavy atom. The number of ether oxygens (including phenoxy) is 2. The quantitative estimate of drug-likeness (QED) is 0.425. The van der Waals surface area contributed by atoms with Crippen LogP contribution in [0.1, 0.15) is 0 Å². The maximum absolute atomic E-state index is 9.12. The molecule has 0 aromatic rings. The Bertz CT molecular complexity index is 93.0. The molecular weight excluding hydrogens is 152 g/mol. The summed E-state index contributed by atoms with van der Waals surface area (Å²) in [5.74, 6) is 0. The van der Waals surface area contributed by atoms with Gasteiger partial charge in [-0.1, -0.05) is 0 Å². The fourth-order valence-electron chi connectivity index (χ4n) is 0.645. The summed E-state index contributed by atoms with van der Waals surface area (Å²) < 4.78 is 9.06. The van der Waals surface area contributed by atoms with Crippen LogP contribution in [0.3, 0.4) is 0 Å². The van der Waals surface area contributed by atoms with Crippen molar-refractivity contribution in [3.63, 3.8) is 0 Å². The zero-order valence-electron chi connectivity index (χ0n) is 6.60. The first kappa shape index (κ1) is 10.8. The summed E-state index contributed by atoms with van der Waals surface area (Å²) in [7, 11) is 2.57. The third kappa shape index (κ3) is 3.13. The Hall–Kier alpha value is -0.200. The number of hydrogen-bond acceptors (Lipinski definition) is 5. The molecule has 0 aromatic carbocycles. The molecule has 0 aliphatic carbocycles. The molecule has 0 bridgehead atoms. The van der Waals surface area contributed by atoms with E-state index in [2.05, 4.69) is 9.47 Å². The summed E-state index contributed by atoms with van der Waals surface area (Å²) >= 11 is 0. The molecule has 0 radical (unpaired) electrons. The second-order valence-electron chi connectivity index (χ2n) is 2.07. The van der Waals surface area contributed by atoms with Gasteiger partial charge >= 0.3 is 0 Å². The lowest BCUT2D eigenvalue weighted by molar-refractivity contribution is -0.185. The highest BCUT2D eigenvalue weighted by molar-refractivity contribution is 4.69. The monoisotopic (exact) mass is 166 g/mol. The lowest BCUT2D eigenvalue weighted by Crippen LogP contribution is -2.41. The predicted octanol–water partition coefficient (Wildman–Crippen LogP) is -1.68. The van der Waals surface area contributed by atoms with E-state index in [0.29, 0.717) is 0 Å². The number of hydrogen-bond donors (Lipinski definition) is 3. The molecule has 3 N–H and O–H groups in total. The van der Waals surface area contributed by atoms with E-state index in [9.17, 15) is 0 Å². The first-order valence-corrected chi connectivity index (χ1v) is 3.20. The Morgan fingerprint density at radius 3 is 2.00 bits per heavy atom. The topological polar surface area (TPSA) is 79.2 Å². The van der Waals surface area contributed by atoms with E-state index in [1.165, 1.54) is 14.2 Å². The van der Waals surface area contributed by atoms with Crippen molar-refractivity contribution in [1.82, 2.24) is 0 Å². The molecule has 1 unspecified atom stereocenters. The standard InChI is InChI=1S/C6H14O5/c1-10-4(3-7)5(8)6(9)11-2/h4-9H,3H2,1-2H3/t4?,5-,6+/m0/s1. The van der Waals surface area contributed by atoms with Crippen LogP contribution in [0.4, 0.5) is 0 Å². The second-order valence-corrected chi connectivity index (χ2v) is 2.07. The molecule has 68 valence electrons. The molecule has 0 amide bonds. The van der Waals surface area contributed by atoms with Crippen LogP contribution in [0.5, 0.6) is 0 Å². The summed E-state index contributed by atoms with van der Waals surface area (Å²) in [5, 5.41) is 26.6. The van der Waals surface area contributed by atoms with Crippen LogP contribution in [-0.2, 0) is 9.47 Å². The molecular formula is C6H14O5. The van der Waals surface area contributed by atoms with Crippen molar-refractivity contribution in [2.45, 2.75) is 18.5 Å². The van der Waals surface area contributed by atoms with Crippen LogP contribution in [0.2, 0.25) is 0 Å². The first-order chi connectivity index (χ1) is 5.17. The highest BCUT2D eigenvalue weighted by atomic mass is 16.6. The van der Waals surface area contributed by atoms with Crippen LogP contribution in [0.15, 0.2) is 0 Å². The van der Waals surface area contributed by atoms with Crippen molar-refractivity contribution in [2.75, 3.05) is 20.8 Å². The number of aliphatic hydroxyl groups is 3. The van der Waals surface area contributed by atoms with Gasteiger partial charge in [0.25, 0.3) is 0 Å². The third-order valence-corrected chi connectivity index (χ3v) is 1.40. The highest BCUT2D eigenvalue weighted by Gasteiger charge is 2.25. The number of methoxy groups -OCH3 is 2. The largest absolute Gasteiger partial charge is 0.394 e. The molecule has 0 aromatic heterocycles. The molecule has 0 heterocycles. The van der Waals surface area contributed by atoms with Gasteiger partial charge < -0.3 is 24.8 Å². The fraction of sp³-hybridized carbons (Fsp3) is 1.00. The highest BCUT2D eigenvalue weighted by Crippen LogP contribution is 2.03. The molecule has 0 saturated carbocycles. The Morgan fingerprint density at radius 1 is 1.18 bits per heavy atom. The lowest BCUT2D eigenvalue weighted by Gasteiger charge is -2.22. The summed E-state index contributed by atoms with van der Waals surface area (Å²) in [6.45, 7) is -0.363. The fourth-order valence-corrected chi connectivity index (χ4v) is 0.645. The van der Waals surface area contributed by atoms with Crippen molar-refractivity contribution >= 4 is 0 Å². The van der Waals surface area contributed by atoms with E-state index < -0.39 is 18.5 Å². The van der Waals surface area contributed by atoms with Crippen molar-refractivity contribution in [3.8, 4) is 0 Å². The maximum atomic E-state index is 9.12. The minimum Gasteiger partial charge on any atom is -0.394 e. The van der Waals surface area contributed by atoms with Gasteiger partial charge in [-0.15, -0.1) is 0 Å². The zero-order valence-corrected chi connectivity index (χ0v) is 6.60.